The summed E-state index contributed by atoms with van der Waals surface area (Å²) >= 11 is 3.40. The first-order valence-electron chi connectivity index (χ1n) is 7.35. The van der Waals surface area contributed by atoms with Gasteiger partial charge in [0.2, 0.25) is 0 Å². The lowest BCUT2D eigenvalue weighted by atomic mass is 10.2. The van der Waals surface area contributed by atoms with E-state index in [0.717, 1.165) is 21.4 Å². The number of amides is 1. The normalized spacial score (nSPS) is 10.2. The number of aromatic nitrogens is 2. The third-order valence-electron chi connectivity index (χ3n) is 3.38. The monoisotopic (exact) mass is 382 g/mol. The molecule has 24 heavy (non-hydrogen) atoms. The van der Waals surface area contributed by atoms with E-state index in [-0.39, 0.29) is 11.6 Å². The van der Waals surface area contributed by atoms with Gasteiger partial charge in [-0.05, 0) is 55.0 Å². The molecule has 0 aliphatic carbocycles. The van der Waals surface area contributed by atoms with Crippen LogP contribution in [0.1, 0.15) is 16.1 Å². The smallest absolute Gasteiger partial charge is 0.276 e. The zero-order valence-electron chi connectivity index (χ0n) is 13.0. The van der Waals surface area contributed by atoms with Crippen molar-refractivity contribution in [2.45, 2.75) is 6.92 Å². The maximum atomic E-state index is 12.3. The van der Waals surface area contributed by atoms with Crippen LogP contribution in [0.15, 0.2) is 65.1 Å². The van der Waals surface area contributed by atoms with Gasteiger partial charge in [-0.3, -0.25) is 4.79 Å². The van der Waals surface area contributed by atoms with Crippen molar-refractivity contribution in [2.75, 3.05) is 10.6 Å². The van der Waals surface area contributed by atoms with E-state index in [1.807, 2.05) is 55.5 Å². The molecule has 5 nitrogen and oxygen atoms in total. The second kappa shape index (κ2) is 7.23. The molecule has 6 heteroatoms. The van der Waals surface area contributed by atoms with Gasteiger partial charge in [0.05, 0.1) is 0 Å². The summed E-state index contributed by atoms with van der Waals surface area (Å²) in [6.07, 6.45) is 0. The van der Waals surface area contributed by atoms with Crippen LogP contribution in [0.5, 0.6) is 0 Å². The molecule has 1 amide bonds. The number of hydrogen-bond acceptors (Lipinski definition) is 4. The molecule has 0 saturated heterocycles. The second-order valence-corrected chi connectivity index (χ2v) is 6.12. The van der Waals surface area contributed by atoms with Crippen LogP contribution < -0.4 is 10.6 Å². The zero-order chi connectivity index (χ0) is 16.9. The maximum absolute atomic E-state index is 12.3. The molecule has 2 aromatic carbocycles. The predicted molar refractivity (Wildman–Crippen MR) is 98.6 cm³/mol. The second-order valence-electron chi connectivity index (χ2n) is 5.21. The Labute approximate surface area is 148 Å². The van der Waals surface area contributed by atoms with Crippen LogP contribution in [-0.2, 0) is 0 Å². The van der Waals surface area contributed by atoms with Gasteiger partial charge >= 0.3 is 0 Å². The fraction of sp³-hybridized carbons (Fsp3) is 0.0556. The van der Waals surface area contributed by atoms with Crippen molar-refractivity contribution < 1.29 is 4.79 Å². The van der Waals surface area contributed by atoms with Crippen LogP contribution in [0, 0.1) is 6.92 Å². The van der Waals surface area contributed by atoms with Crippen molar-refractivity contribution in [3.05, 3.63) is 76.4 Å². The van der Waals surface area contributed by atoms with Gasteiger partial charge in [-0.25, -0.2) is 0 Å². The van der Waals surface area contributed by atoms with Crippen molar-refractivity contribution in [1.29, 1.82) is 0 Å². The van der Waals surface area contributed by atoms with E-state index < -0.39 is 0 Å². The Morgan fingerprint density at radius 3 is 2.46 bits per heavy atom. The van der Waals surface area contributed by atoms with E-state index in [4.69, 9.17) is 0 Å². The van der Waals surface area contributed by atoms with Crippen molar-refractivity contribution in [3.63, 3.8) is 0 Å². The number of rotatable bonds is 4. The summed E-state index contributed by atoms with van der Waals surface area (Å²) in [6.45, 7) is 1.93. The lowest BCUT2D eigenvalue weighted by molar-refractivity contribution is 0.102. The molecule has 3 rings (SSSR count). The summed E-state index contributed by atoms with van der Waals surface area (Å²) in [6, 6.07) is 18.7. The number of nitrogens with one attached hydrogen (secondary N) is 2. The maximum Gasteiger partial charge on any atom is 0.276 e. The minimum atomic E-state index is -0.292. The Morgan fingerprint density at radius 2 is 1.79 bits per heavy atom. The summed E-state index contributed by atoms with van der Waals surface area (Å²) in [7, 11) is 0. The molecular formula is C18H15BrN4O. The number of carbonyl (C=O) groups is 1. The SMILES string of the molecule is Cc1cc(Br)ccc1NC(=O)c1ccc(Nc2ccccc2)nn1. The molecule has 0 saturated carbocycles. The van der Waals surface area contributed by atoms with Gasteiger partial charge in [0.15, 0.2) is 11.5 Å². The van der Waals surface area contributed by atoms with E-state index in [9.17, 15) is 4.79 Å². The molecule has 0 unspecified atom stereocenters. The fourth-order valence-electron chi connectivity index (χ4n) is 2.14. The number of para-hydroxylation sites is 1. The summed E-state index contributed by atoms with van der Waals surface area (Å²) in [4.78, 5) is 12.3. The van der Waals surface area contributed by atoms with Gasteiger partial charge in [0.1, 0.15) is 0 Å². The first-order chi connectivity index (χ1) is 11.6. The van der Waals surface area contributed by atoms with Crippen LogP contribution in [-0.4, -0.2) is 16.1 Å². The molecule has 0 atom stereocenters. The highest BCUT2D eigenvalue weighted by atomic mass is 79.9. The Morgan fingerprint density at radius 1 is 1.00 bits per heavy atom. The molecule has 0 fully saturated rings. The lowest BCUT2D eigenvalue weighted by Gasteiger charge is -2.09. The molecule has 0 aliphatic rings. The van der Waals surface area contributed by atoms with Crippen LogP contribution >= 0.6 is 15.9 Å². The standard InChI is InChI=1S/C18H15BrN4O/c1-12-11-13(19)7-8-15(12)21-18(24)16-9-10-17(23-22-16)20-14-5-3-2-4-6-14/h2-11H,1H3,(H,20,23)(H,21,24). The summed E-state index contributed by atoms with van der Waals surface area (Å²) in [5, 5.41) is 14.0. The lowest BCUT2D eigenvalue weighted by Crippen LogP contribution is -2.15. The average Bonchev–Trinajstić information content (AvgIpc) is 2.59. The van der Waals surface area contributed by atoms with E-state index in [1.165, 1.54) is 0 Å². The Bertz CT molecular complexity index is 851. The number of aryl methyl sites for hydroxylation is 1. The first kappa shape index (κ1) is 16.1. The number of halogens is 1. The fourth-order valence-corrected chi connectivity index (χ4v) is 2.62. The molecular weight excluding hydrogens is 368 g/mol. The van der Waals surface area contributed by atoms with Gasteiger partial charge < -0.3 is 10.6 Å². The van der Waals surface area contributed by atoms with Crippen molar-refractivity contribution >= 4 is 39.0 Å². The van der Waals surface area contributed by atoms with Crippen LogP contribution in [0.3, 0.4) is 0 Å². The number of carbonyl (C=O) groups excluding carboxylic acids is 1. The summed E-state index contributed by atoms with van der Waals surface area (Å²) in [5.41, 5.74) is 2.88. The topological polar surface area (TPSA) is 66.9 Å². The number of nitrogens with zero attached hydrogens (tertiary/aromatic N) is 2. The predicted octanol–water partition coefficient (Wildman–Crippen LogP) is 4.54. The highest BCUT2D eigenvalue weighted by molar-refractivity contribution is 9.10. The van der Waals surface area contributed by atoms with Crippen LogP contribution in [0.4, 0.5) is 17.2 Å². The minimum absolute atomic E-state index is 0.260. The number of anilines is 3. The molecule has 2 N–H and O–H groups in total. The minimum Gasteiger partial charge on any atom is -0.339 e. The van der Waals surface area contributed by atoms with Gasteiger partial charge in [-0.1, -0.05) is 34.1 Å². The Kier molecular flexibility index (Phi) is 4.86. The summed E-state index contributed by atoms with van der Waals surface area (Å²) in [5.74, 6) is 0.289. The largest absolute Gasteiger partial charge is 0.339 e. The summed E-state index contributed by atoms with van der Waals surface area (Å²) < 4.78 is 0.967. The van der Waals surface area contributed by atoms with E-state index >= 15 is 0 Å². The molecule has 120 valence electrons. The van der Waals surface area contributed by atoms with Crippen LogP contribution in [0.2, 0.25) is 0 Å². The molecule has 1 aromatic heterocycles. The Hall–Kier alpha value is -2.73. The van der Waals surface area contributed by atoms with Crippen molar-refractivity contribution in [2.24, 2.45) is 0 Å². The van der Waals surface area contributed by atoms with E-state index in [2.05, 4.69) is 36.8 Å². The van der Waals surface area contributed by atoms with E-state index in [1.54, 1.807) is 12.1 Å². The molecule has 1 heterocycles. The van der Waals surface area contributed by atoms with Gasteiger partial charge in [0, 0.05) is 15.8 Å². The molecule has 3 aromatic rings. The molecule has 0 bridgehead atoms. The Balaban J connectivity index is 1.69. The average molecular weight is 383 g/mol. The molecule has 0 spiro atoms. The van der Waals surface area contributed by atoms with Crippen molar-refractivity contribution in [3.8, 4) is 0 Å². The molecule has 0 aliphatic heterocycles. The van der Waals surface area contributed by atoms with Crippen molar-refractivity contribution in [1.82, 2.24) is 10.2 Å². The highest BCUT2D eigenvalue weighted by Crippen LogP contribution is 2.20. The first-order valence-corrected chi connectivity index (χ1v) is 8.14. The molecule has 0 radical (unpaired) electrons. The van der Waals surface area contributed by atoms with Gasteiger partial charge in [0.25, 0.3) is 5.91 Å². The zero-order valence-corrected chi connectivity index (χ0v) is 14.5. The van der Waals surface area contributed by atoms with Gasteiger partial charge in [-0.15, -0.1) is 10.2 Å². The third kappa shape index (κ3) is 3.97. The van der Waals surface area contributed by atoms with E-state index in [0.29, 0.717) is 5.82 Å². The highest BCUT2D eigenvalue weighted by Gasteiger charge is 2.10. The number of hydrogen-bond donors (Lipinski definition) is 2. The third-order valence-corrected chi connectivity index (χ3v) is 3.87. The quantitative estimate of drug-likeness (QED) is 0.694. The van der Waals surface area contributed by atoms with Gasteiger partial charge in [-0.2, -0.15) is 0 Å². The number of benzene rings is 2. The van der Waals surface area contributed by atoms with Crippen LogP contribution in [0.25, 0.3) is 0 Å².